The summed E-state index contributed by atoms with van der Waals surface area (Å²) in [4.78, 5) is 3.98. The van der Waals surface area contributed by atoms with Crippen LogP contribution in [-0.4, -0.2) is 62.6 Å². The Morgan fingerprint density at radius 3 is 2.65 bits per heavy atom. The van der Waals surface area contributed by atoms with Crippen LogP contribution in [0.4, 0.5) is 24.7 Å². The molecule has 11 nitrogen and oxygen atoms in total. The highest BCUT2D eigenvalue weighted by Crippen LogP contribution is 2.30. The van der Waals surface area contributed by atoms with Crippen molar-refractivity contribution < 1.29 is 22.6 Å². The molecule has 0 saturated heterocycles. The summed E-state index contributed by atoms with van der Waals surface area (Å²) in [5.41, 5.74) is 10.8. The summed E-state index contributed by atoms with van der Waals surface area (Å²) in [6.07, 6.45) is 5.36. The number of anilines is 2. The zero-order valence-electron chi connectivity index (χ0n) is 23.3. The number of ether oxygens (including phenoxy) is 2. The average Bonchev–Trinajstić information content (AvgIpc) is 3.65. The molecule has 5 aromatic rings. The van der Waals surface area contributed by atoms with Gasteiger partial charge in [-0.25, -0.2) is 4.98 Å². The van der Waals surface area contributed by atoms with Gasteiger partial charge >= 0.3 is 6.36 Å². The van der Waals surface area contributed by atoms with Crippen molar-refractivity contribution in [3.05, 3.63) is 78.6 Å². The fraction of sp³-hybridized carbons (Fsp3) is 0.310. The van der Waals surface area contributed by atoms with Gasteiger partial charge in [0, 0.05) is 55.3 Å². The number of fused-ring (bicyclic) bond motifs is 1. The fourth-order valence-electron chi connectivity index (χ4n) is 4.66. The molecule has 0 saturated carbocycles. The molecule has 0 aliphatic rings. The highest BCUT2D eigenvalue weighted by Gasteiger charge is 2.31. The number of nitrogens with two attached hydrogens (primary N) is 1. The number of H-pyrrole nitrogens is 1. The minimum absolute atomic E-state index is 0.233. The Hall–Kier alpha value is -4.69. The van der Waals surface area contributed by atoms with E-state index in [2.05, 4.69) is 40.7 Å². The highest BCUT2D eigenvalue weighted by molar-refractivity contribution is 5.95. The molecule has 43 heavy (non-hydrogen) atoms. The maximum Gasteiger partial charge on any atom is 0.573 e. The first-order chi connectivity index (χ1) is 20.8. The van der Waals surface area contributed by atoms with Crippen molar-refractivity contribution in [1.29, 1.82) is 0 Å². The average molecular weight is 596 g/mol. The number of aromatic amines is 1. The minimum atomic E-state index is -4.75. The lowest BCUT2D eigenvalue weighted by Crippen LogP contribution is -2.19. The SMILES string of the molecule is Nc1cc(-c2cc(NCCOCCCCNCc3cc(Cn4ccnc4)cc(OC(F)(F)F)c3)c3cn[nH]c3c2)cnn1. The van der Waals surface area contributed by atoms with Gasteiger partial charge in [0.2, 0.25) is 0 Å². The summed E-state index contributed by atoms with van der Waals surface area (Å²) in [7, 11) is 0. The van der Waals surface area contributed by atoms with E-state index in [0.29, 0.717) is 56.3 Å². The van der Waals surface area contributed by atoms with E-state index in [1.807, 2.05) is 18.2 Å². The summed E-state index contributed by atoms with van der Waals surface area (Å²) in [6, 6.07) is 10.4. The van der Waals surface area contributed by atoms with Gasteiger partial charge in [-0.3, -0.25) is 5.10 Å². The maximum absolute atomic E-state index is 12.8. The zero-order valence-corrected chi connectivity index (χ0v) is 23.3. The van der Waals surface area contributed by atoms with Crippen LogP contribution in [0.1, 0.15) is 24.0 Å². The third kappa shape index (κ3) is 8.90. The molecule has 0 aliphatic heterocycles. The van der Waals surface area contributed by atoms with Crippen LogP contribution in [0.25, 0.3) is 22.0 Å². The number of hydrogen-bond acceptors (Lipinski definition) is 9. The van der Waals surface area contributed by atoms with E-state index in [1.165, 1.54) is 12.1 Å². The Morgan fingerprint density at radius 2 is 1.84 bits per heavy atom. The number of unbranched alkanes of at least 4 members (excludes halogenated alkanes) is 1. The van der Waals surface area contributed by atoms with Crippen molar-refractivity contribution in [2.45, 2.75) is 32.3 Å². The lowest BCUT2D eigenvalue weighted by atomic mass is 10.0. The predicted molar refractivity (Wildman–Crippen MR) is 156 cm³/mol. The van der Waals surface area contributed by atoms with Crippen molar-refractivity contribution in [3.63, 3.8) is 0 Å². The van der Waals surface area contributed by atoms with Gasteiger partial charge in [0.05, 0.1) is 30.8 Å². The van der Waals surface area contributed by atoms with Crippen LogP contribution < -0.4 is 21.1 Å². The zero-order chi connectivity index (χ0) is 30.1. The molecule has 0 bridgehead atoms. The van der Waals surface area contributed by atoms with E-state index in [9.17, 15) is 13.2 Å². The van der Waals surface area contributed by atoms with Gasteiger partial charge in [-0.1, -0.05) is 6.07 Å². The van der Waals surface area contributed by atoms with Gasteiger partial charge in [-0.05, 0) is 66.4 Å². The number of nitrogens with one attached hydrogen (secondary N) is 3. The summed E-state index contributed by atoms with van der Waals surface area (Å²) < 4.78 is 50.3. The monoisotopic (exact) mass is 595 g/mol. The van der Waals surface area contributed by atoms with Crippen LogP contribution in [-0.2, 0) is 17.8 Å². The smallest absolute Gasteiger partial charge is 0.406 e. The molecule has 2 aromatic carbocycles. The number of benzene rings is 2. The van der Waals surface area contributed by atoms with Crippen LogP contribution in [0.3, 0.4) is 0 Å². The normalized spacial score (nSPS) is 11.7. The van der Waals surface area contributed by atoms with Crippen molar-refractivity contribution in [2.75, 3.05) is 37.4 Å². The molecule has 5 rings (SSSR count). The Bertz CT molecular complexity index is 1610. The molecule has 226 valence electrons. The number of imidazole rings is 1. The van der Waals surface area contributed by atoms with Gasteiger partial charge < -0.3 is 30.4 Å². The van der Waals surface area contributed by atoms with E-state index < -0.39 is 6.36 Å². The summed E-state index contributed by atoms with van der Waals surface area (Å²) in [5.74, 6) is 0.115. The quantitative estimate of drug-likeness (QED) is 0.126. The van der Waals surface area contributed by atoms with E-state index in [1.54, 1.807) is 41.7 Å². The molecule has 0 aliphatic carbocycles. The van der Waals surface area contributed by atoms with Gasteiger partial charge in [0.1, 0.15) is 11.6 Å². The molecule has 0 atom stereocenters. The van der Waals surface area contributed by atoms with Crippen molar-refractivity contribution in [2.24, 2.45) is 0 Å². The number of rotatable bonds is 15. The minimum Gasteiger partial charge on any atom is -0.406 e. The Kier molecular flexibility index (Phi) is 9.69. The Morgan fingerprint density at radius 1 is 0.953 bits per heavy atom. The third-order valence-electron chi connectivity index (χ3n) is 6.53. The first-order valence-electron chi connectivity index (χ1n) is 13.7. The summed E-state index contributed by atoms with van der Waals surface area (Å²) in [6.45, 7) is 3.23. The van der Waals surface area contributed by atoms with Gasteiger partial charge in [-0.2, -0.15) is 10.2 Å². The van der Waals surface area contributed by atoms with Crippen molar-refractivity contribution in [3.8, 4) is 16.9 Å². The molecule has 0 fully saturated rings. The number of halogens is 3. The molecule has 14 heteroatoms. The van der Waals surface area contributed by atoms with Crippen molar-refractivity contribution in [1.82, 2.24) is 35.3 Å². The van der Waals surface area contributed by atoms with E-state index >= 15 is 0 Å². The second kappa shape index (κ2) is 14.0. The van der Waals surface area contributed by atoms with Gasteiger partial charge in [0.25, 0.3) is 0 Å². The number of nitrogen functional groups attached to an aromatic ring is 1. The molecule has 5 N–H and O–H groups in total. The second-order valence-electron chi connectivity index (χ2n) is 9.92. The number of nitrogens with zero attached hydrogens (tertiary/aromatic N) is 5. The van der Waals surface area contributed by atoms with Crippen LogP contribution in [0, 0.1) is 0 Å². The topological polar surface area (TPSA) is 141 Å². The van der Waals surface area contributed by atoms with Gasteiger partial charge in [-0.15, -0.1) is 18.3 Å². The third-order valence-corrected chi connectivity index (χ3v) is 6.53. The van der Waals surface area contributed by atoms with Crippen LogP contribution in [0.5, 0.6) is 5.75 Å². The van der Waals surface area contributed by atoms with Crippen LogP contribution >= 0.6 is 0 Å². The molecule has 3 heterocycles. The molecule has 3 aromatic heterocycles. The molecule has 0 unspecified atom stereocenters. The van der Waals surface area contributed by atoms with E-state index in [-0.39, 0.29) is 5.75 Å². The van der Waals surface area contributed by atoms with E-state index in [4.69, 9.17) is 10.5 Å². The van der Waals surface area contributed by atoms with Gasteiger partial charge in [0.15, 0.2) is 0 Å². The lowest BCUT2D eigenvalue weighted by Gasteiger charge is -2.14. The van der Waals surface area contributed by atoms with Crippen LogP contribution in [0.15, 0.2) is 67.5 Å². The van der Waals surface area contributed by atoms with Crippen molar-refractivity contribution >= 4 is 22.4 Å². The number of alkyl halides is 3. The first-order valence-corrected chi connectivity index (χ1v) is 13.7. The fourth-order valence-corrected chi connectivity index (χ4v) is 4.66. The van der Waals surface area contributed by atoms with E-state index in [0.717, 1.165) is 40.6 Å². The molecular formula is C29H32F3N9O2. The molecule has 0 radical (unpaired) electrons. The number of aromatic nitrogens is 6. The largest absolute Gasteiger partial charge is 0.573 e. The highest BCUT2D eigenvalue weighted by atomic mass is 19.4. The molecular weight excluding hydrogens is 563 g/mol. The number of hydrogen-bond donors (Lipinski definition) is 4. The Labute approximate surface area is 245 Å². The maximum atomic E-state index is 12.8. The van der Waals surface area contributed by atoms with Crippen LogP contribution in [0.2, 0.25) is 0 Å². The standard InChI is InChI=1S/C29H32F3N9O2/c30-29(31,32)43-24-10-20(9-21(11-24)18-41-6-4-35-19-41)15-34-3-1-2-7-42-8-5-36-26-12-22(13-27-25(26)17-38-39-27)23-14-28(33)40-37-16-23/h4,6,9-14,16-17,19,34,36H,1-3,5,7-8,15,18H2,(H2,33,40)(H,38,39). The predicted octanol–water partition coefficient (Wildman–Crippen LogP) is 4.74. The molecule has 0 amide bonds. The Balaban J connectivity index is 1.02. The lowest BCUT2D eigenvalue weighted by molar-refractivity contribution is -0.274. The summed E-state index contributed by atoms with van der Waals surface area (Å²) >= 11 is 0. The second-order valence-corrected chi connectivity index (χ2v) is 9.92. The first kappa shape index (κ1) is 29.8. The molecule has 0 spiro atoms. The summed E-state index contributed by atoms with van der Waals surface area (Å²) in [5, 5.41) is 22.6.